The Morgan fingerprint density at radius 2 is 0.792 bits per heavy atom. The first-order chi connectivity index (χ1) is 38.2. The molecule has 0 radical (unpaired) electrons. The third-order valence-electron chi connectivity index (χ3n) is 15.5. The zero-order chi connectivity index (χ0) is 50.8. The lowest BCUT2D eigenvalue weighted by atomic mass is 9.87. The van der Waals surface area contributed by atoms with E-state index in [9.17, 15) is 0 Å². The van der Waals surface area contributed by atoms with Crippen molar-refractivity contribution in [2.75, 3.05) is 9.80 Å². The van der Waals surface area contributed by atoms with Crippen molar-refractivity contribution >= 4 is 110 Å². The molecule has 0 unspecified atom stereocenters. The average molecular weight is 983 g/mol. The quantitative estimate of drug-likeness (QED) is 0.106. The summed E-state index contributed by atoms with van der Waals surface area (Å²) < 4.78 is 9.10. The Labute approximate surface area is 445 Å². The van der Waals surface area contributed by atoms with E-state index in [0.29, 0.717) is 0 Å². The predicted molar refractivity (Wildman–Crippen MR) is 323 cm³/mol. The van der Waals surface area contributed by atoms with Gasteiger partial charge < -0.3 is 14.2 Å². The summed E-state index contributed by atoms with van der Waals surface area (Å²) in [5.41, 5.74) is 14.0. The van der Waals surface area contributed by atoms with E-state index in [4.69, 9.17) is 4.42 Å². The molecule has 0 saturated heterocycles. The standard InChI is InChI=1S/C73H48N3O/c1-4-20-49(21-5-1)50-36-39-54(40-37-50)75(53-25-8-3-9-26-53)73-64-34-18-16-32-61(64)70(62-33-17-19-35-65(62)73)63-41-42-66(58-29-13-12-28-57(58)63)76(55-44-46-74(47-45-55)52-23-6-2-7-24-52)67-48-69-72(60-31-15-14-30-59(60)67)71-56-27-11-10-22-51(56)38-43-68(71)77-69/h1-48H/q+1. The summed E-state index contributed by atoms with van der Waals surface area (Å²) in [6.07, 6.45) is 4.33. The van der Waals surface area contributed by atoms with Gasteiger partial charge in [-0.3, -0.25) is 0 Å². The van der Waals surface area contributed by atoms with E-state index in [1.54, 1.807) is 0 Å². The first-order valence-corrected chi connectivity index (χ1v) is 26.3. The molecule has 0 fully saturated rings. The van der Waals surface area contributed by atoms with E-state index < -0.39 is 0 Å². The van der Waals surface area contributed by atoms with Crippen molar-refractivity contribution < 1.29 is 8.98 Å². The summed E-state index contributed by atoms with van der Waals surface area (Å²) >= 11 is 0. The van der Waals surface area contributed by atoms with Gasteiger partial charge in [0.15, 0.2) is 12.4 Å². The monoisotopic (exact) mass is 982 g/mol. The largest absolute Gasteiger partial charge is 0.456 e. The third kappa shape index (κ3) is 7.33. The number of anilines is 6. The van der Waals surface area contributed by atoms with Gasteiger partial charge in [-0.15, -0.1) is 0 Å². The van der Waals surface area contributed by atoms with Crippen LogP contribution in [0.15, 0.2) is 296 Å². The molecule has 360 valence electrons. The molecule has 0 amide bonds. The van der Waals surface area contributed by atoms with E-state index in [2.05, 4.69) is 306 Å². The number of pyridine rings is 1. The first-order valence-electron chi connectivity index (χ1n) is 26.3. The minimum Gasteiger partial charge on any atom is -0.456 e. The average Bonchev–Trinajstić information content (AvgIpc) is 3.97. The molecule has 2 aromatic heterocycles. The van der Waals surface area contributed by atoms with E-state index >= 15 is 0 Å². The molecule has 0 atom stereocenters. The summed E-state index contributed by atoms with van der Waals surface area (Å²) in [4.78, 5) is 4.88. The van der Waals surface area contributed by atoms with Crippen LogP contribution in [0, 0.1) is 0 Å². The number of nitrogens with zero attached hydrogens (tertiary/aromatic N) is 3. The Bertz CT molecular complexity index is 4670. The first kappa shape index (κ1) is 44.2. The lowest BCUT2D eigenvalue weighted by molar-refractivity contribution is -0.595. The molecule has 0 bridgehead atoms. The van der Waals surface area contributed by atoms with Crippen molar-refractivity contribution in [3.8, 4) is 27.9 Å². The molecule has 0 aliphatic rings. The van der Waals surface area contributed by atoms with Crippen molar-refractivity contribution in [3.63, 3.8) is 0 Å². The van der Waals surface area contributed by atoms with Crippen molar-refractivity contribution in [2.45, 2.75) is 0 Å². The number of furan rings is 1. The molecule has 13 aromatic carbocycles. The number of para-hydroxylation sites is 2. The normalized spacial score (nSPS) is 11.6. The fourth-order valence-electron chi connectivity index (χ4n) is 12.1. The van der Waals surface area contributed by atoms with Gasteiger partial charge in [-0.2, -0.15) is 4.57 Å². The molecule has 77 heavy (non-hydrogen) atoms. The minimum absolute atomic E-state index is 0.848. The van der Waals surface area contributed by atoms with Gasteiger partial charge in [-0.05, 0) is 91.0 Å². The highest BCUT2D eigenvalue weighted by atomic mass is 16.3. The highest BCUT2D eigenvalue weighted by Gasteiger charge is 2.27. The second-order valence-electron chi connectivity index (χ2n) is 19.8. The fourth-order valence-corrected chi connectivity index (χ4v) is 12.1. The van der Waals surface area contributed by atoms with Gasteiger partial charge in [0.25, 0.3) is 0 Å². The number of hydrogen-bond donors (Lipinski definition) is 0. The highest BCUT2D eigenvalue weighted by Crippen LogP contribution is 2.52. The van der Waals surface area contributed by atoms with Crippen LogP contribution in [0.1, 0.15) is 0 Å². The summed E-state index contributed by atoms with van der Waals surface area (Å²) in [5, 5.41) is 13.9. The molecule has 4 heteroatoms. The fraction of sp³-hybridized carbons (Fsp3) is 0. The van der Waals surface area contributed by atoms with E-state index in [-0.39, 0.29) is 0 Å². The summed E-state index contributed by atoms with van der Waals surface area (Å²) in [6, 6.07) is 101. The molecule has 4 nitrogen and oxygen atoms in total. The second-order valence-corrected chi connectivity index (χ2v) is 19.8. The van der Waals surface area contributed by atoms with Gasteiger partial charge in [0, 0.05) is 74.0 Å². The zero-order valence-corrected chi connectivity index (χ0v) is 42.0. The number of benzene rings is 13. The Kier molecular flexibility index (Phi) is 10.5. The van der Waals surface area contributed by atoms with E-state index in [0.717, 1.165) is 83.3 Å². The molecular weight excluding hydrogens is 935 g/mol. The number of hydrogen-bond acceptors (Lipinski definition) is 3. The van der Waals surface area contributed by atoms with Gasteiger partial charge in [0.1, 0.15) is 11.2 Å². The Morgan fingerprint density at radius 3 is 1.47 bits per heavy atom. The maximum atomic E-state index is 6.93. The molecule has 2 heterocycles. The van der Waals surface area contributed by atoms with Crippen molar-refractivity contribution in [1.29, 1.82) is 0 Å². The van der Waals surface area contributed by atoms with Crippen LogP contribution in [0.2, 0.25) is 0 Å². The van der Waals surface area contributed by atoms with Crippen LogP contribution in [0.3, 0.4) is 0 Å². The Balaban J connectivity index is 0.965. The smallest absolute Gasteiger partial charge is 0.210 e. The predicted octanol–water partition coefficient (Wildman–Crippen LogP) is 19.9. The van der Waals surface area contributed by atoms with Gasteiger partial charge in [0.05, 0.1) is 22.7 Å². The summed E-state index contributed by atoms with van der Waals surface area (Å²) in [5.74, 6) is 0. The Morgan fingerprint density at radius 1 is 0.299 bits per heavy atom. The molecule has 0 saturated carbocycles. The van der Waals surface area contributed by atoms with Crippen molar-refractivity contribution in [2.24, 2.45) is 0 Å². The molecule has 0 N–H and O–H groups in total. The van der Waals surface area contributed by atoms with Gasteiger partial charge in [0.2, 0.25) is 5.69 Å². The van der Waals surface area contributed by atoms with Crippen LogP contribution in [0.4, 0.5) is 34.1 Å². The van der Waals surface area contributed by atoms with Crippen molar-refractivity contribution in [1.82, 2.24) is 0 Å². The summed E-state index contributed by atoms with van der Waals surface area (Å²) in [7, 11) is 0. The van der Waals surface area contributed by atoms with Gasteiger partial charge in [-0.1, -0.05) is 212 Å². The molecule has 0 aliphatic heterocycles. The minimum atomic E-state index is 0.848. The zero-order valence-electron chi connectivity index (χ0n) is 42.0. The van der Waals surface area contributed by atoms with Crippen LogP contribution in [0.5, 0.6) is 0 Å². The van der Waals surface area contributed by atoms with Gasteiger partial charge >= 0.3 is 0 Å². The van der Waals surface area contributed by atoms with Crippen LogP contribution in [0.25, 0.3) is 104 Å². The summed E-state index contributed by atoms with van der Waals surface area (Å²) in [6.45, 7) is 0. The third-order valence-corrected chi connectivity index (χ3v) is 15.5. The molecule has 0 aliphatic carbocycles. The molecule has 15 rings (SSSR count). The van der Waals surface area contributed by atoms with Crippen LogP contribution in [-0.4, -0.2) is 0 Å². The van der Waals surface area contributed by atoms with E-state index in [1.165, 1.54) is 54.6 Å². The van der Waals surface area contributed by atoms with E-state index in [1.807, 2.05) is 0 Å². The Hall–Kier alpha value is -10.3. The van der Waals surface area contributed by atoms with Crippen LogP contribution < -0.4 is 14.4 Å². The topological polar surface area (TPSA) is 23.5 Å². The molecular formula is C73H48N3O+. The maximum Gasteiger partial charge on any atom is 0.210 e. The van der Waals surface area contributed by atoms with Crippen LogP contribution >= 0.6 is 0 Å². The lowest BCUT2D eigenvalue weighted by Crippen LogP contribution is -2.29. The number of aromatic nitrogens is 1. The van der Waals surface area contributed by atoms with Crippen LogP contribution in [-0.2, 0) is 0 Å². The number of fused-ring (bicyclic) bond motifs is 10. The number of rotatable bonds is 9. The SMILES string of the molecule is c1ccc(-c2ccc(N(c3ccccc3)c3c4ccccc4c(-c4ccc(N(c5cc[n+](-c6ccccc6)cc5)c5cc6oc7ccc8ccccc8c7c6c6ccccc56)c5ccccc45)c4ccccc34)cc2)cc1. The molecule has 15 aromatic rings. The van der Waals surface area contributed by atoms with Gasteiger partial charge in [-0.25, -0.2) is 0 Å². The highest BCUT2D eigenvalue weighted by molar-refractivity contribution is 6.29. The maximum absolute atomic E-state index is 6.93. The lowest BCUT2D eigenvalue weighted by Gasteiger charge is -2.30. The van der Waals surface area contributed by atoms with Crippen molar-refractivity contribution in [3.05, 3.63) is 291 Å². The second kappa shape index (κ2) is 18.3. The molecule has 0 spiro atoms.